The summed E-state index contributed by atoms with van der Waals surface area (Å²) in [6.45, 7) is 0. The molecule has 0 aliphatic rings. The van der Waals surface area contributed by atoms with E-state index in [1.165, 1.54) is 12.1 Å². The first-order chi connectivity index (χ1) is 12.1. The summed E-state index contributed by atoms with van der Waals surface area (Å²) in [5, 5.41) is 10.9. The second kappa shape index (κ2) is 7.41. The van der Waals surface area contributed by atoms with Gasteiger partial charge in [-0.1, -0.05) is 84.9 Å². The lowest BCUT2D eigenvalue weighted by Gasteiger charge is -2.08. The fourth-order valence-electron chi connectivity index (χ4n) is 2.52. The van der Waals surface area contributed by atoms with Gasteiger partial charge in [0.2, 0.25) is 0 Å². The Balaban J connectivity index is 2.05. The molecule has 0 saturated heterocycles. The van der Waals surface area contributed by atoms with Gasteiger partial charge < -0.3 is 9.90 Å². The summed E-state index contributed by atoms with van der Waals surface area (Å²) in [5.74, 6) is -1.31. The van der Waals surface area contributed by atoms with Gasteiger partial charge in [-0.3, -0.25) is 4.79 Å². The summed E-state index contributed by atoms with van der Waals surface area (Å²) >= 11 is 0. The Morgan fingerprint density at radius 2 is 1.16 bits per heavy atom. The lowest BCUT2D eigenvalue weighted by atomic mass is 9.94. The first kappa shape index (κ1) is 16.4. The van der Waals surface area contributed by atoms with Crippen LogP contribution >= 0.6 is 0 Å². The average Bonchev–Trinajstić information content (AvgIpc) is 2.67. The number of hydrogen-bond donors (Lipinski definition) is 0. The summed E-state index contributed by atoms with van der Waals surface area (Å²) in [6.07, 6.45) is 1.77. The molecule has 3 nitrogen and oxygen atoms in total. The van der Waals surface area contributed by atoms with Crippen LogP contribution in [-0.2, 0) is 0 Å². The molecule has 0 radical (unpaired) electrons. The molecular formula is C22H15O3-. The van der Waals surface area contributed by atoms with Gasteiger partial charge in [0.05, 0.1) is 5.97 Å². The number of hydrogen-bond acceptors (Lipinski definition) is 3. The largest absolute Gasteiger partial charge is 0.545 e. The Hall–Kier alpha value is -3.46. The first-order valence-corrected chi connectivity index (χ1v) is 7.83. The van der Waals surface area contributed by atoms with Crippen molar-refractivity contribution in [2.45, 2.75) is 0 Å². The fraction of sp³-hybridized carbons (Fsp3) is 0. The van der Waals surface area contributed by atoms with Gasteiger partial charge in [0, 0.05) is 11.1 Å². The van der Waals surface area contributed by atoms with Crippen molar-refractivity contribution < 1.29 is 14.7 Å². The van der Waals surface area contributed by atoms with Crippen LogP contribution < -0.4 is 5.11 Å². The van der Waals surface area contributed by atoms with E-state index in [0.29, 0.717) is 11.1 Å². The fourth-order valence-corrected chi connectivity index (χ4v) is 2.52. The van der Waals surface area contributed by atoms with E-state index in [9.17, 15) is 14.7 Å². The van der Waals surface area contributed by atoms with E-state index in [4.69, 9.17) is 0 Å². The number of allylic oxidation sites excluding steroid dienone is 1. The quantitative estimate of drug-likeness (QED) is 0.409. The third-order valence-corrected chi connectivity index (χ3v) is 3.82. The normalized spacial score (nSPS) is 11.1. The van der Waals surface area contributed by atoms with Crippen LogP contribution in [-0.4, -0.2) is 11.8 Å². The number of carbonyl (C=O) groups is 2. The van der Waals surface area contributed by atoms with Gasteiger partial charge in [0.15, 0.2) is 5.78 Å². The molecule has 0 saturated carbocycles. The van der Waals surface area contributed by atoms with Crippen LogP contribution in [0.1, 0.15) is 31.8 Å². The molecular weight excluding hydrogens is 312 g/mol. The van der Waals surface area contributed by atoms with Crippen molar-refractivity contribution in [3.8, 4) is 0 Å². The van der Waals surface area contributed by atoms with Crippen LogP contribution in [0.5, 0.6) is 0 Å². The molecule has 0 N–H and O–H groups in total. The van der Waals surface area contributed by atoms with Gasteiger partial charge >= 0.3 is 0 Å². The highest BCUT2D eigenvalue weighted by Crippen LogP contribution is 2.23. The van der Waals surface area contributed by atoms with Crippen molar-refractivity contribution in [2.75, 3.05) is 0 Å². The first-order valence-electron chi connectivity index (χ1n) is 7.83. The molecule has 0 amide bonds. The molecule has 122 valence electrons. The molecule has 0 fully saturated rings. The molecule has 3 rings (SSSR count). The standard InChI is InChI=1S/C22H16O3/c23-21(18-9-5-2-6-10-18)20(17-7-3-1-4-8-17)15-16-11-13-19(14-12-16)22(24)25/h1-15H,(H,24,25)/p-1/b20-15+. The second-order valence-electron chi connectivity index (χ2n) is 5.53. The third-order valence-electron chi connectivity index (χ3n) is 3.82. The minimum atomic E-state index is -1.22. The SMILES string of the molecule is O=C([O-])c1ccc(/C=C(/C(=O)c2ccccc2)c2ccccc2)cc1. The number of Topliss-reactive ketones (excluding diaryl/α,β-unsaturated/α-hetero) is 1. The van der Waals surface area contributed by atoms with Crippen molar-refractivity contribution >= 4 is 23.4 Å². The Labute approximate surface area is 145 Å². The highest BCUT2D eigenvalue weighted by atomic mass is 16.4. The topological polar surface area (TPSA) is 57.2 Å². The lowest BCUT2D eigenvalue weighted by Crippen LogP contribution is -2.21. The summed E-state index contributed by atoms with van der Waals surface area (Å²) in [7, 11) is 0. The van der Waals surface area contributed by atoms with Crippen LogP contribution in [0.3, 0.4) is 0 Å². The zero-order valence-corrected chi connectivity index (χ0v) is 13.4. The predicted octanol–water partition coefficient (Wildman–Crippen LogP) is 3.47. The van der Waals surface area contributed by atoms with Crippen molar-refractivity contribution in [3.63, 3.8) is 0 Å². The van der Waals surface area contributed by atoms with E-state index in [0.717, 1.165) is 11.1 Å². The van der Waals surface area contributed by atoms with Crippen molar-refractivity contribution in [1.82, 2.24) is 0 Å². The Morgan fingerprint density at radius 3 is 1.68 bits per heavy atom. The highest BCUT2D eigenvalue weighted by molar-refractivity contribution is 6.32. The highest BCUT2D eigenvalue weighted by Gasteiger charge is 2.14. The molecule has 0 bridgehead atoms. The van der Waals surface area contributed by atoms with Crippen LogP contribution in [0.4, 0.5) is 0 Å². The van der Waals surface area contributed by atoms with Crippen molar-refractivity contribution in [3.05, 3.63) is 107 Å². The van der Waals surface area contributed by atoms with Crippen molar-refractivity contribution in [1.29, 1.82) is 0 Å². The average molecular weight is 327 g/mol. The Bertz CT molecular complexity index is 909. The monoisotopic (exact) mass is 327 g/mol. The summed E-state index contributed by atoms with van der Waals surface area (Å²) in [4.78, 5) is 23.8. The van der Waals surface area contributed by atoms with E-state index in [1.54, 1.807) is 30.3 Å². The van der Waals surface area contributed by atoms with Crippen LogP contribution in [0.2, 0.25) is 0 Å². The number of benzene rings is 3. The lowest BCUT2D eigenvalue weighted by molar-refractivity contribution is -0.255. The number of aromatic carboxylic acids is 1. The van der Waals surface area contributed by atoms with Gasteiger partial charge in [-0.15, -0.1) is 0 Å². The Kier molecular flexibility index (Phi) is 4.86. The predicted molar refractivity (Wildman–Crippen MR) is 95.9 cm³/mol. The number of ketones is 1. The molecule has 0 atom stereocenters. The zero-order valence-electron chi connectivity index (χ0n) is 13.4. The molecule has 0 unspecified atom stereocenters. The maximum Gasteiger partial charge on any atom is 0.193 e. The molecule has 0 heterocycles. The smallest absolute Gasteiger partial charge is 0.193 e. The molecule has 0 aliphatic carbocycles. The number of carboxylic acid groups (broad SMARTS) is 1. The van der Waals surface area contributed by atoms with Gasteiger partial charge in [-0.05, 0) is 22.8 Å². The van der Waals surface area contributed by atoms with E-state index < -0.39 is 5.97 Å². The van der Waals surface area contributed by atoms with Crippen LogP contribution in [0.15, 0.2) is 84.9 Å². The number of carbonyl (C=O) groups excluding carboxylic acids is 2. The van der Waals surface area contributed by atoms with Gasteiger partial charge in [0.1, 0.15) is 0 Å². The maximum absolute atomic E-state index is 13.0. The summed E-state index contributed by atoms with van der Waals surface area (Å²) in [6, 6.07) is 24.7. The van der Waals surface area contributed by atoms with E-state index in [2.05, 4.69) is 0 Å². The number of rotatable bonds is 5. The van der Waals surface area contributed by atoms with Gasteiger partial charge in [-0.25, -0.2) is 0 Å². The van der Waals surface area contributed by atoms with Gasteiger partial charge in [0.25, 0.3) is 0 Å². The molecule has 3 aromatic carbocycles. The molecule has 25 heavy (non-hydrogen) atoms. The van der Waals surface area contributed by atoms with E-state index in [1.807, 2.05) is 48.5 Å². The van der Waals surface area contributed by atoms with Crippen LogP contribution in [0, 0.1) is 0 Å². The van der Waals surface area contributed by atoms with Gasteiger partial charge in [-0.2, -0.15) is 0 Å². The molecule has 0 aromatic heterocycles. The molecule has 0 aliphatic heterocycles. The molecule has 3 aromatic rings. The Morgan fingerprint density at radius 1 is 0.640 bits per heavy atom. The summed E-state index contributed by atoms with van der Waals surface area (Å²) < 4.78 is 0. The minimum absolute atomic E-state index is 0.0872. The second-order valence-corrected chi connectivity index (χ2v) is 5.53. The number of carboxylic acids is 1. The van der Waals surface area contributed by atoms with E-state index >= 15 is 0 Å². The maximum atomic E-state index is 13.0. The molecule has 0 spiro atoms. The van der Waals surface area contributed by atoms with E-state index in [-0.39, 0.29) is 11.3 Å². The molecule has 3 heteroatoms. The minimum Gasteiger partial charge on any atom is -0.545 e. The third kappa shape index (κ3) is 3.90. The van der Waals surface area contributed by atoms with Crippen LogP contribution in [0.25, 0.3) is 11.6 Å². The summed E-state index contributed by atoms with van der Waals surface area (Å²) in [5.41, 5.74) is 2.80. The van der Waals surface area contributed by atoms with Crippen molar-refractivity contribution in [2.24, 2.45) is 0 Å². The zero-order chi connectivity index (χ0) is 17.6.